The molecule has 8 nitrogen and oxygen atoms in total. The number of H-pyrrole nitrogens is 1. The number of aromatic nitrogens is 1. The molecule has 3 N–H and O–H groups in total. The molecule has 0 fully saturated rings. The zero-order valence-electron chi connectivity index (χ0n) is 12.3. The first kappa shape index (κ1) is 16.1. The molecule has 0 aliphatic carbocycles. The molecule has 0 radical (unpaired) electrons. The van der Waals surface area contributed by atoms with Crippen LogP contribution in [0.3, 0.4) is 0 Å². The molecule has 1 aromatic carbocycles. The van der Waals surface area contributed by atoms with Crippen LogP contribution in [0.1, 0.15) is 24.0 Å². The van der Waals surface area contributed by atoms with Gasteiger partial charge in [0.25, 0.3) is 5.69 Å². The number of nitrogens with zero attached hydrogens (tertiary/aromatic N) is 2. The van der Waals surface area contributed by atoms with Crippen molar-refractivity contribution in [1.82, 2.24) is 0 Å². The number of non-ortho nitro benzene ring substituents is 1. The Balaban J connectivity index is 2.04. The van der Waals surface area contributed by atoms with Crippen LogP contribution in [0.4, 0.5) is 5.69 Å². The van der Waals surface area contributed by atoms with Gasteiger partial charge in [-0.15, -0.1) is 0 Å². The fourth-order valence-electron chi connectivity index (χ4n) is 1.80. The van der Waals surface area contributed by atoms with Gasteiger partial charge in [0, 0.05) is 18.2 Å². The molecular weight excluding hydrogens is 300 g/mol. The standard InChI is InChI=1S/C15H14N4O4/c1-10(11-4-6-13(7-5-11)19(21)22)15(20)23-18-14(16)12-3-2-8-17-9-12/h2-10H,1H3,(H2,16,18)/p+1. The third kappa shape index (κ3) is 4.10. The van der Waals surface area contributed by atoms with Gasteiger partial charge in [-0.1, -0.05) is 17.3 Å². The zero-order chi connectivity index (χ0) is 16.8. The normalized spacial score (nSPS) is 12.5. The van der Waals surface area contributed by atoms with Crippen LogP contribution >= 0.6 is 0 Å². The average molecular weight is 315 g/mol. The zero-order valence-corrected chi connectivity index (χ0v) is 12.3. The van der Waals surface area contributed by atoms with E-state index in [1.807, 2.05) is 0 Å². The number of amidine groups is 1. The van der Waals surface area contributed by atoms with Gasteiger partial charge in [-0.3, -0.25) is 10.1 Å². The number of nitro groups is 1. The molecule has 0 saturated heterocycles. The van der Waals surface area contributed by atoms with Crippen molar-refractivity contribution in [3.8, 4) is 0 Å². The number of aromatic amines is 1. The van der Waals surface area contributed by atoms with Crippen LogP contribution in [-0.4, -0.2) is 16.7 Å². The van der Waals surface area contributed by atoms with Gasteiger partial charge in [0.2, 0.25) is 0 Å². The molecule has 0 aliphatic heterocycles. The lowest BCUT2D eigenvalue weighted by molar-refractivity contribution is -0.384. The van der Waals surface area contributed by atoms with Crippen molar-refractivity contribution in [3.05, 3.63) is 70.0 Å². The number of carbonyl (C=O) groups excluding carboxylic acids is 1. The minimum Gasteiger partial charge on any atom is -0.380 e. The smallest absolute Gasteiger partial charge is 0.342 e. The van der Waals surface area contributed by atoms with Gasteiger partial charge in [0.1, 0.15) is 0 Å². The second-order valence-corrected chi connectivity index (χ2v) is 4.75. The number of nitro benzene ring substituents is 1. The summed E-state index contributed by atoms with van der Waals surface area (Å²) in [6.07, 6.45) is 3.33. The molecule has 0 bridgehead atoms. The molecule has 8 heteroatoms. The van der Waals surface area contributed by atoms with E-state index < -0.39 is 16.8 Å². The van der Waals surface area contributed by atoms with E-state index in [4.69, 9.17) is 10.6 Å². The summed E-state index contributed by atoms with van der Waals surface area (Å²) in [6, 6.07) is 9.11. The van der Waals surface area contributed by atoms with Gasteiger partial charge < -0.3 is 10.6 Å². The molecule has 1 atom stereocenters. The maximum absolute atomic E-state index is 12.0. The van der Waals surface area contributed by atoms with Crippen LogP contribution in [0.2, 0.25) is 0 Å². The maximum atomic E-state index is 12.0. The quantitative estimate of drug-likeness (QED) is 0.293. The molecule has 0 saturated carbocycles. The Bertz CT molecular complexity index is 729. The number of rotatable bonds is 5. The second kappa shape index (κ2) is 7.12. The SMILES string of the molecule is CC(C(=O)ON=C(N)c1ccc[nH+]c1)c1ccc([N+](=O)[O-])cc1. The maximum Gasteiger partial charge on any atom is 0.342 e. The van der Waals surface area contributed by atoms with Gasteiger partial charge in [0.05, 0.1) is 16.4 Å². The predicted octanol–water partition coefficient (Wildman–Crippen LogP) is 1.38. The number of nitrogens with two attached hydrogens (primary N) is 1. The average Bonchev–Trinajstić information content (AvgIpc) is 2.59. The minimum absolute atomic E-state index is 0.0445. The van der Waals surface area contributed by atoms with Crippen molar-refractivity contribution in [1.29, 1.82) is 0 Å². The fraction of sp³-hybridized carbons (Fsp3) is 0.133. The Morgan fingerprint density at radius 3 is 2.61 bits per heavy atom. The number of nitrogens with one attached hydrogen (secondary N) is 1. The Hall–Kier alpha value is -3.29. The first-order chi connectivity index (χ1) is 11.0. The van der Waals surface area contributed by atoms with Gasteiger partial charge in [-0.25, -0.2) is 9.78 Å². The minimum atomic E-state index is -0.630. The van der Waals surface area contributed by atoms with Crippen molar-refractivity contribution in [2.45, 2.75) is 12.8 Å². The molecule has 0 aliphatic rings. The van der Waals surface area contributed by atoms with Crippen LogP contribution in [0, 0.1) is 10.1 Å². The highest BCUT2D eigenvalue weighted by Crippen LogP contribution is 2.20. The summed E-state index contributed by atoms with van der Waals surface area (Å²) < 4.78 is 0. The summed E-state index contributed by atoms with van der Waals surface area (Å²) >= 11 is 0. The molecule has 23 heavy (non-hydrogen) atoms. The molecule has 118 valence electrons. The summed E-state index contributed by atoms with van der Waals surface area (Å²) in [7, 11) is 0. The summed E-state index contributed by atoms with van der Waals surface area (Å²) in [5, 5.41) is 14.2. The van der Waals surface area contributed by atoms with Gasteiger partial charge >= 0.3 is 5.97 Å². The highest BCUT2D eigenvalue weighted by molar-refractivity contribution is 5.97. The van der Waals surface area contributed by atoms with Crippen LogP contribution in [0.15, 0.2) is 53.9 Å². The van der Waals surface area contributed by atoms with E-state index in [-0.39, 0.29) is 11.5 Å². The molecular formula is C15H15N4O4+. The third-order valence-electron chi connectivity index (χ3n) is 3.19. The van der Waals surface area contributed by atoms with E-state index in [0.29, 0.717) is 11.1 Å². The van der Waals surface area contributed by atoms with Crippen molar-refractivity contribution in [3.63, 3.8) is 0 Å². The van der Waals surface area contributed by atoms with E-state index in [9.17, 15) is 14.9 Å². The van der Waals surface area contributed by atoms with Crippen molar-refractivity contribution in [2.24, 2.45) is 10.9 Å². The number of carbonyl (C=O) groups is 1. The second-order valence-electron chi connectivity index (χ2n) is 4.75. The lowest BCUT2D eigenvalue weighted by atomic mass is 10.0. The largest absolute Gasteiger partial charge is 0.380 e. The number of hydrogen-bond donors (Lipinski definition) is 1. The Morgan fingerprint density at radius 2 is 2.04 bits per heavy atom. The van der Waals surface area contributed by atoms with Gasteiger partial charge in [-0.2, -0.15) is 0 Å². The number of oxime groups is 1. The van der Waals surface area contributed by atoms with Gasteiger partial charge in [-0.05, 0) is 18.6 Å². The van der Waals surface area contributed by atoms with Crippen molar-refractivity contribution >= 4 is 17.5 Å². The molecule has 1 heterocycles. The van der Waals surface area contributed by atoms with Gasteiger partial charge in [0.15, 0.2) is 18.2 Å². The fourth-order valence-corrected chi connectivity index (χ4v) is 1.80. The van der Waals surface area contributed by atoms with Crippen molar-refractivity contribution < 1.29 is 19.5 Å². The number of pyridine rings is 1. The molecule has 2 rings (SSSR count). The van der Waals surface area contributed by atoms with Crippen LogP contribution in [0.25, 0.3) is 0 Å². The third-order valence-corrected chi connectivity index (χ3v) is 3.19. The summed E-state index contributed by atoms with van der Waals surface area (Å²) in [5.74, 6) is -1.18. The number of benzene rings is 1. The lowest BCUT2D eigenvalue weighted by Gasteiger charge is -2.08. The van der Waals surface area contributed by atoms with Crippen LogP contribution in [-0.2, 0) is 9.63 Å². The van der Waals surface area contributed by atoms with E-state index in [0.717, 1.165) is 0 Å². The highest BCUT2D eigenvalue weighted by Gasteiger charge is 2.18. The van der Waals surface area contributed by atoms with E-state index in [1.54, 1.807) is 31.5 Å². The van der Waals surface area contributed by atoms with Crippen LogP contribution in [0.5, 0.6) is 0 Å². The van der Waals surface area contributed by atoms with E-state index in [1.165, 1.54) is 24.3 Å². The Kier molecular flexibility index (Phi) is 4.98. The molecule has 0 amide bonds. The summed E-state index contributed by atoms with van der Waals surface area (Å²) in [6.45, 7) is 1.62. The number of hydrogen-bond acceptors (Lipinski definition) is 5. The van der Waals surface area contributed by atoms with E-state index in [2.05, 4.69) is 10.1 Å². The molecule has 2 aromatic rings. The van der Waals surface area contributed by atoms with Crippen molar-refractivity contribution in [2.75, 3.05) is 0 Å². The molecule has 1 aromatic heterocycles. The molecule has 1 unspecified atom stereocenters. The molecule has 0 spiro atoms. The predicted molar refractivity (Wildman–Crippen MR) is 81.3 cm³/mol. The first-order valence-corrected chi connectivity index (χ1v) is 6.74. The Labute approximate surface area is 131 Å². The highest BCUT2D eigenvalue weighted by atomic mass is 16.7. The summed E-state index contributed by atoms with van der Waals surface area (Å²) in [5.41, 5.74) is 6.84. The van der Waals surface area contributed by atoms with Crippen LogP contribution < -0.4 is 10.7 Å². The Morgan fingerprint density at radius 1 is 1.35 bits per heavy atom. The summed E-state index contributed by atoms with van der Waals surface area (Å²) in [4.78, 5) is 29.7. The monoisotopic (exact) mass is 315 g/mol. The first-order valence-electron chi connectivity index (χ1n) is 6.74. The van der Waals surface area contributed by atoms with E-state index >= 15 is 0 Å². The topological polar surface area (TPSA) is 122 Å². The lowest BCUT2D eigenvalue weighted by Crippen LogP contribution is -2.19.